The molecule has 86 valence electrons. The van der Waals surface area contributed by atoms with Gasteiger partial charge in [-0.3, -0.25) is 0 Å². The molecule has 3 nitrogen and oxygen atoms in total. The van der Waals surface area contributed by atoms with Crippen LogP contribution in [0.25, 0.3) is 0 Å². The Morgan fingerprint density at radius 3 is 3.13 bits per heavy atom. The fourth-order valence-corrected chi connectivity index (χ4v) is 2.67. The lowest BCUT2D eigenvalue weighted by molar-refractivity contribution is 0.300. The molecular weight excluding hydrogens is 228 g/mol. The van der Waals surface area contributed by atoms with Crippen LogP contribution in [-0.2, 0) is 5.75 Å². The predicted octanol–water partition coefficient (Wildman–Crippen LogP) is 2.58. The van der Waals surface area contributed by atoms with Crippen molar-refractivity contribution in [2.45, 2.75) is 31.3 Å². The smallest absolute Gasteiger partial charge is 0.182 e. The molecule has 1 aromatic heterocycles. The summed E-state index contributed by atoms with van der Waals surface area (Å²) in [5, 5.41) is 13.5. The van der Waals surface area contributed by atoms with Gasteiger partial charge in [0.2, 0.25) is 0 Å². The van der Waals surface area contributed by atoms with E-state index in [1.807, 2.05) is 13.1 Å². The lowest BCUT2D eigenvalue weighted by Crippen LogP contribution is -2.01. The van der Waals surface area contributed by atoms with Gasteiger partial charge in [0.15, 0.2) is 5.13 Å². The van der Waals surface area contributed by atoms with Crippen LogP contribution in [0.5, 0.6) is 0 Å². The van der Waals surface area contributed by atoms with Crippen molar-refractivity contribution in [3.63, 3.8) is 0 Å². The molecule has 1 aromatic rings. The second kappa shape index (κ2) is 7.09. The Kier molecular flexibility index (Phi) is 6.05. The lowest BCUT2D eigenvalue weighted by Gasteiger charge is -2.04. The van der Waals surface area contributed by atoms with E-state index in [-0.39, 0.29) is 6.61 Å². The van der Waals surface area contributed by atoms with Crippen molar-refractivity contribution < 1.29 is 5.11 Å². The molecule has 0 radical (unpaired) electrons. The van der Waals surface area contributed by atoms with Crippen LogP contribution in [0.15, 0.2) is 6.20 Å². The van der Waals surface area contributed by atoms with Crippen molar-refractivity contribution in [3.8, 4) is 0 Å². The molecule has 0 aromatic carbocycles. The van der Waals surface area contributed by atoms with Gasteiger partial charge in [0.25, 0.3) is 0 Å². The number of nitrogens with zero attached hydrogens (tertiary/aromatic N) is 1. The average molecular weight is 246 g/mol. The minimum absolute atomic E-state index is 0.240. The van der Waals surface area contributed by atoms with Gasteiger partial charge in [-0.05, 0) is 6.42 Å². The van der Waals surface area contributed by atoms with Gasteiger partial charge < -0.3 is 10.4 Å². The monoisotopic (exact) mass is 246 g/mol. The van der Waals surface area contributed by atoms with Crippen LogP contribution in [0, 0.1) is 0 Å². The molecule has 15 heavy (non-hydrogen) atoms. The minimum Gasteiger partial charge on any atom is -0.395 e. The first-order valence-electron chi connectivity index (χ1n) is 5.17. The van der Waals surface area contributed by atoms with E-state index in [0.29, 0.717) is 5.25 Å². The molecule has 0 aliphatic heterocycles. The largest absolute Gasteiger partial charge is 0.395 e. The highest BCUT2D eigenvalue weighted by Gasteiger charge is 2.04. The maximum absolute atomic E-state index is 8.89. The van der Waals surface area contributed by atoms with Gasteiger partial charge in [-0.2, -0.15) is 11.8 Å². The van der Waals surface area contributed by atoms with Crippen molar-refractivity contribution in [1.82, 2.24) is 4.98 Å². The van der Waals surface area contributed by atoms with E-state index in [1.54, 1.807) is 23.1 Å². The number of thioether (sulfide) groups is 1. The summed E-state index contributed by atoms with van der Waals surface area (Å²) in [5.41, 5.74) is 0. The minimum atomic E-state index is 0.240. The molecule has 1 atom stereocenters. The number of nitrogens with one attached hydrogen (secondary N) is 1. The Morgan fingerprint density at radius 2 is 2.47 bits per heavy atom. The van der Waals surface area contributed by atoms with E-state index in [9.17, 15) is 0 Å². The molecule has 5 heteroatoms. The molecule has 0 bridgehead atoms. The number of anilines is 1. The number of aliphatic hydroxyl groups is 1. The van der Waals surface area contributed by atoms with Crippen molar-refractivity contribution in [2.24, 2.45) is 0 Å². The summed E-state index contributed by atoms with van der Waals surface area (Å²) in [7, 11) is 0. The number of aliphatic hydroxyl groups excluding tert-OH is 1. The zero-order chi connectivity index (χ0) is 11.1. The molecule has 2 N–H and O–H groups in total. The number of hydrogen-bond acceptors (Lipinski definition) is 5. The molecule has 1 heterocycles. The normalized spacial score (nSPS) is 12.7. The highest BCUT2D eigenvalue weighted by Crippen LogP contribution is 2.24. The average Bonchev–Trinajstić information content (AvgIpc) is 2.71. The summed E-state index contributed by atoms with van der Waals surface area (Å²) in [5.74, 6) is 0.938. The summed E-state index contributed by atoms with van der Waals surface area (Å²) in [6.45, 7) is 5.39. The molecule has 0 fully saturated rings. The molecule has 0 amide bonds. The first kappa shape index (κ1) is 12.8. The van der Waals surface area contributed by atoms with Crippen molar-refractivity contribution in [1.29, 1.82) is 0 Å². The van der Waals surface area contributed by atoms with E-state index in [1.165, 1.54) is 4.88 Å². The fraction of sp³-hybridized carbons (Fsp3) is 0.700. The van der Waals surface area contributed by atoms with E-state index >= 15 is 0 Å². The van der Waals surface area contributed by atoms with Gasteiger partial charge in [-0.1, -0.05) is 13.8 Å². The first-order valence-corrected chi connectivity index (χ1v) is 7.03. The van der Waals surface area contributed by atoms with Crippen LogP contribution in [0.2, 0.25) is 0 Å². The Bertz CT molecular complexity index is 278. The molecular formula is C10H18N2OS2. The van der Waals surface area contributed by atoms with Crippen molar-refractivity contribution in [2.75, 3.05) is 18.5 Å². The third-order valence-corrected chi connectivity index (χ3v) is 4.18. The Balaban J connectivity index is 2.32. The summed E-state index contributed by atoms with van der Waals surface area (Å²) >= 11 is 3.46. The zero-order valence-electron chi connectivity index (χ0n) is 9.19. The topological polar surface area (TPSA) is 45.2 Å². The standard InChI is InChI=1S/C10H18N2OS2/c1-3-4-11-10-12-5-9(15-10)7-14-8(2)6-13/h5,8,13H,3-4,6-7H2,1-2H3,(H,11,12). The van der Waals surface area contributed by atoms with Crippen LogP contribution in [-0.4, -0.2) is 28.5 Å². The summed E-state index contributed by atoms with van der Waals surface area (Å²) in [6, 6.07) is 0. The molecule has 1 unspecified atom stereocenters. The van der Waals surface area contributed by atoms with Crippen LogP contribution < -0.4 is 5.32 Å². The zero-order valence-corrected chi connectivity index (χ0v) is 10.8. The Morgan fingerprint density at radius 1 is 1.67 bits per heavy atom. The predicted molar refractivity (Wildman–Crippen MR) is 68.7 cm³/mol. The highest BCUT2D eigenvalue weighted by molar-refractivity contribution is 7.99. The first-order chi connectivity index (χ1) is 7.26. The van der Waals surface area contributed by atoms with Gasteiger partial charge in [0.05, 0.1) is 6.61 Å². The van der Waals surface area contributed by atoms with E-state index in [0.717, 1.165) is 23.8 Å². The van der Waals surface area contributed by atoms with E-state index in [2.05, 4.69) is 17.2 Å². The summed E-state index contributed by atoms with van der Waals surface area (Å²) in [4.78, 5) is 5.55. The molecule has 0 spiro atoms. The number of aromatic nitrogens is 1. The van der Waals surface area contributed by atoms with Crippen molar-refractivity contribution in [3.05, 3.63) is 11.1 Å². The van der Waals surface area contributed by atoms with Gasteiger partial charge in [0, 0.05) is 28.6 Å². The molecule has 0 saturated carbocycles. The Labute approximate surface area is 99.3 Å². The van der Waals surface area contributed by atoms with Crippen LogP contribution in [0.3, 0.4) is 0 Å². The summed E-state index contributed by atoms with van der Waals surface area (Å²) < 4.78 is 0. The Hall–Kier alpha value is -0.260. The molecule has 1 rings (SSSR count). The van der Waals surface area contributed by atoms with Gasteiger partial charge in [0.1, 0.15) is 0 Å². The van der Waals surface area contributed by atoms with Crippen LogP contribution in [0.1, 0.15) is 25.1 Å². The lowest BCUT2D eigenvalue weighted by atomic mass is 10.5. The highest BCUT2D eigenvalue weighted by atomic mass is 32.2. The maximum Gasteiger partial charge on any atom is 0.182 e. The molecule has 0 aliphatic rings. The van der Waals surface area contributed by atoms with Crippen LogP contribution in [0.4, 0.5) is 5.13 Å². The summed E-state index contributed by atoms with van der Waals surface area (Å²) in [6.07, 6.45) is 3.03. The third kappa shape index (κ3) is 4.86. The third-order valence-electron chi connectivity index (χ3n) is 1.85. The second-order valence-corrected chi connectivity index (χ2v) is 5.90. The maximum atomic E-state index is 8.89. The van der Waals surface area contributed by atoms with Crippen molar-refractivity contribution >= 4 is 28.2 Å². The molecule has 0 aliphatic carbocycles. The van der Waals surface area contributed by atoms with Crippen LogP contribution >= 0.6 is 23.1 Å². The van der Waals surface area contributed by atoms with Gasteiger partial charge in [-0.25, -0.2) is 4.98 Å². The molecule has 0 saturated heterocycles. The van der Waals surface area contributed by atoms with E-state index in [4.69, 9.17) is 5.11 Å². The number of rotatable bonds is 7. The fourth-order valence-electron chi connectivity index (χ4n) is 0.965. The van der Waals surface area contributed by atoms with E-state index < -0.39 is 0 Å². The number of hydrogen-bond donors (Lipinski definition) is 2. The SMILES string of the molecule is CCCNc1ncc(CSC(C)CO)s1. The van der Waals surface area contributed by atoms with Gasteiger partial charge >= 0.3 is 0 Å². The number of thiazole rings is 1. The van der Waals surface area contributed by atoms with Gasteiger partial charge in [-0.15, -0.1) is 11.3 Å². The quantitative estimate of drug-likeness (QED) is 0.776. The second-order valence-electron chi connectivity index (χ2n) is 3.36.